The maximum atomic E-state index is 12.1. The molecule has 1 amide bonds. The summed E-state index contributed by atoms with van der Waals surface area (Å²) in [5.41, 5.74) is 2.58. The predicted molar refractivity (Wildman–Crippen MR) is 85.3 cm³/mol. The lowest BCUT2D eigenvalue weighted by Gasteiger charge is -2.15. The van der Waals surface area contributed by atoms with Crippen LogP contribution >= 0.6 is 0 Å². The molecule has 1 aliphatic heterocycles. The van der Waals surface area contributed by atoms with Crippen molar-refractivity contribution in [3.63, 3.8) is 0 Å². The molecule has 1 unspecified atom stereocenters. The number of oxazole rings is 1. The first-order chi connectivity index (χ1) is 11.6. The second-order valence-corrected chi connectivity index (χ2v) is 5.66. The molecular formula is C17H13N3O4. The topological polar surface area (TPSA) is 96.5 Å². The highest BCUT2D eigenvalue weighted by atomic mass is 16.4. The Morgan fingerprint density at radius 1 is 1.33 bits per heavy atom. The summed E-state index contributed by atoms with van der Waals surface area (Å²) in [6.45, 7) is 0.170. The molecule has 3 aromatic rings. The Balaban J connectivity index is 1.69. The van der Waals surface area contributed by atoms with E-state index in [9.17, 15) is 9.59 Å². The van der Waals surface area contributed by atoms with E-state index in [1.807, 2.05) is 6.07 Å². The molecule has 1 saturated heterocycles. The van der Waals surface area contributed by atoms with E-state index in [0.717, 1.165) is 5.56 Å². The third-order valence-corrected chi connectivity index (χ3v) is 4.07. The number of aliphatic carboxylic acids is 1. The van der Waals surface area contributed by atoms with E-state index in [1.54, 1.807) is 36.7 Å². The average molecular weight is 323 g/mol. The molecule has 1 aromatic carbocycles. The van der Waals surface area contributed by atoms with Crippen molar-refractivity contribution in [3.8, 4) is 11.5 Å². The number of aromatic nitrogens is 2. The zero-order valence-electron chi connectivity index (χ0n) is 12.5. The van der Waals surface area contributed by atoms with E-state index in [-0.39, 0.29) is 18.9 Å². The molecule has 0 saturated carbocycles. The molecule has 1 aliphatic rings. The first kappa shape index (κ1) is 14.4. The highest BCUT2D eigenvalue weighted by molar-refractivity contribution is 6.00. The number of hydrogen-bond donors (Lipinski definition) is 1. The minimum absolute atomic E-state index is 0.0186. The van der Waals surface area contributed by atoms with Crippen LogP contribution in [0.15, 0.2) is 47.1 Å². The SMILES string of the molecule is O=C(O)C1CC(=O)N(c2ccc3nc(-c4cccnc4)oc3c2)C1. The van der Waals surface area contributed by atoms with Gasteiger partial charge in [-0.05, 0) is 24.3 Å². The van der Waals surface area contributed by atoms with E-state index in [4.69, 9.17) is 9.52 Å². The van der Waals surface area contributed by atoms with Crippen molar-refractivity contribution < 1.29 is 19.1 Å². The zero-order valence-corrected chi connectivity index (χ0v) is 12.5. The van der Waals surface area contributed by atoms with E-state index in [0.29, 0.717) is 22.7 Å². The van der Waals surface area contributed by atoms with E-state index in [1.165, 1.54) is 4.90 Å². The highest BCUT2D eigenvalue weighted by Crippen LogP contribution is 2.30. The number of carbonyl (C=O) groups is 2. The molecule has 3 heterocycles. The van der Waals surface area contributed by atoms with Crippen LogP contribution in [0.3, 0.4) is 0 Å². The van der Waals surface area contributed by atoms with Gasteiger partial charge < -0.3 is 14.4 Å². The number of pyridine rings is 1. The van der Waals surface area contributed by atoms with Gasteiger partial charge in [0, 0.05) is 37.1 Å². The van der Waals surface area contributed by atoms with E-state index in [2.05, 4.69) is 9.97 Å². The van der Waals surface area contributed by atoms with Crippen LogP contribution in [-0.4, -0.2) is 33.5 Å². The summed E-state index contributed by atoms with van der Waals surface area (Å²) in [7, 11) is 0. The molecule has 0 spiro atoms. The van der Waals surface area contributed by atoms with Crippen molar-refractivity contribution in [2.24, 2.45) is 5.92 Å². The first-order valence-corrected chi connectivity index (χ1v) is 7.46. The van der Waals surface area contributed by atoms with Crippen LogP contribution in [0.25, 0.3) is 22.6 Å². The van der Waals surface area contributed by atoms with Crippen molar-refractivity contribution in [1.29, 1.82) is 0 Å². The van der Waals surface area contributed by atoms with E-state index >= 15 is 0 Å². The second-order valence-electron chi connectivity index (χ2n) is 5.66. The van der Waals surface area contributed by atoms with Gasteiger partial charge in [-0.2, -0.15) is 0 Å². The fraction of sp³-hybridized carbons (Fsp3) is 0.176. The van der Waals surface area contributed by atoms with Gasteiger partial charge in [0.15, 0.2) is 5.58 Å². The number of anilines is 1. The van der Waals surface area contributed by atoms with Crippen LogP contribution in [-0.2, 0) is 9.59 Å². The third-order valence-electron chi connectivity index (χ3n) is 4.07. The third kappa shape index (κ3) is 2.40. The maximum absolute atomic E-state index is 12.1. The van der Waals surface area contributed by atoms with Crippen LogP contribution < -0.4 is 4.90 Å². The standard InChI is InChI=1S/C17H13N3O4/c21-15-6-11(17(22)23)9-20(15)12-3-4-13-14(7-12)24-16(19-13)10-2-1-5-18-8-10/h1-5,7-8,11H,6,9H2,(H,22,23). The summed E-state index contributed by atoms with van der Waals surface area (Å²) in [6, 6.07) is 8.87. The van der Waals surface area contributed by atoms with Gasteiger partial charge in [-0.15, -0.1) is 0 Å². The van der Waals surface area contributed by atoms with Gasteiger partial charge in [0.2, 0.25) is 11.8 Å². The largest absolute Gasteiger partial charge is 0.481 e. The Morgan fingerprint density at radius 2 is 2.21 bits per heavy atom. The summed E-state index contributed by atoms with van der Waals surface area (Å²) in [5, 5.41) is 9.08. The molecule has 1 N–H and O–H groups in total. The van der Waals surface area contributed by atoms with Gasteiger partial charge in [-0.1, -0.05) is 0 Å². The average Bonchev–Trinajstić information content (AvgIpc) is 3.18. The van der Waals surface area contributed by atoms with Gasteiger partial charge >= 0.3 is 5.97 Å². The van der Waals surface area contributed by atoms with Gasteiger partial charge in [-0.3, -0.25) is 14.6 Å². The number of carbonyl (C=O) groups excluding carboxylic acids is 1. The molecule has 1 fully saturated rings. The van der Waals surface area contributed by atoms with Crippen LogP contribution in [0, 0.1) is 5.92 Å². The Bertz CT molecular complexity index is 935. The Morgan fingerprint density at radius 3 is 2.92 bits per heavy atom. The number of rotatable bonds is 3. The van der Waals surface area contributed by atoms with Gasteiger partial charge in [0.25, 0.3) is 0 Å². The van der Waals surface area contributed by atoms with Crippen LogP contribution in [0.2, 0.25) is 0 Å². The van der Waals surface area contributed by atoms with Gasteiger partial charge in [0.05, 0.1) is 11.5 Å². The molecule has 0 aliphatic carbocycles. The first-order valence-electron chi connectivity index (χ1n) is 7.46. The number of fused-ring (bicyclic) bond motifs is 1. The van der Waals surface area contributed by atoms with Crippen molar-refractivity contribution in [1.82, 2.24) is 9.97 Å². The Hall–Kier alpha value is -3.22. The Kier molecular flexibility index (Phi) is 3.26. The molecule has 7 nitrogen and oxygen atoms in total. The molecule has 1 atom stereocenters. The molecule has 120 valence electrons. The molecule has 0 radical (unpaired) electrons. The summed E-state index contributed by atoms with van der Waals surface area (Å²) in [4.78, 5) is 33.1. The smallest absolute Gasteiger partial charge is 0.308 e. The summed E-state index contributed by atoms with van der Waals surface area (Å²) in [6.07, 6.45) is 3.35. The maximum Gasteiger partial charge on any atom is 0.308 e. The number of benzene rings is 1. The Labute approximate surface area is 136 Å². The molecule has 24 heavy (non-hydrogen) atoms. The van der Waals surface area contributed by atoms with Crippen LogP contribution in [0.4, 0.5) is 5.69 Å². The predicted octanol–water partition coefficient (Wildman–Crippen LogP) is 2.33. The summed E-state index contributed by atoms with van der Waals surface area (Å²) in [5.74, 6) is -1.38. The van der Waals surface area contributed by atoms with Crippen LogP contribution in [0.1, 0.15) is 6.42 Å². The molecular weight excluding hydrogens is 310 g/mol. The number of nitrogens with zero attached hydrogens (tertiary/aromatic N) is 3. The minimum atomic E-state index is -0.953. The van der Waals surface area contributed by atoms with Crippen molar-refractivity contribution in [2.75, 3.05) is 11.4 Å². The van der Waals surface area contributed by atoms with Crippen molar-refractivity contribution >= 4 is 28.7 Å². The highest BCUT2D eigenvalue weighted by Gasteiger charge is 2.35. The molecule has 2 aromatic heterocycles. The normalized spacial score (nSPS) is 17.6. The molecule has 7 heteroatoms. The lowest BCUT2D eigenvalue weighted by Crippen LogP contribution is -2.25. The summed E-state index contributed by atoms with van der Waals surface area (Å²) >= 11 is 0. The number of hydrogen-bond acceptors (Lipinski definition) is 5. The molecule has 0 bridgehead atoms. The molecule has 4 rings (SSSR count). The number of carboxylic acids is 1. The van der Waals surface area contributed by atoms with Gasteiger partial charge in [0.1, 0.15) is 5.52 Å². The fourth-order valence-corrected chi connectivity index (χ4v) is 2.82. The number of carboxylic acid groups (broad SMARTS) is 1. The zero-order chi connectivity index (χ0) is 16.7. The fourth-order valence-electron chi connectivity index (χ4n) is 2.82. The minimum Gasteiger partial charge on any atom is -0.481 e. The lowest BCUT2D eigenvalue weighted by molar-refractivity contribution is -0.141. The van der Waals surface area contributed by atoms with Crippen LogP contribution in [0.5, 0.6) is 0 Å². The van der Waals surface area contributed by atoms with Gasteiger partial charge in [-0.25, -0.2) is 4.98 Å². The second kappa shape index (κ2) is 5.45. The summed E-state index contributed by atoms with van der Waals surface area (Å²) < 4.78 is 5.76. The monoisotopic (exact) mass is 323 g/mol. The quantitative estimate of drug-likeness (QED) is 0.794. The van der Waals surface area contributed by atoms with Crippen molar-refractivity contribution in [2.45, 2.75) is 6.42 Å². The lowest BCUT2D eigenvalue weighted by atomic mass is 10.1. The number of amides is 1. The van der Waals surface area contributed by atoms with E-state index < -0.39 is 11.9 Å². The van der Waals surface area contributed by atoms with Crippen molar-refractivity contribution in [3.05, 3.63) is 42.7 Å².